The number of rotatable bonds is 4. The van der Waals surface area contributed by atoms with Gasteiger partial charge in [0.05, 0.1) is 12.7 Å². The van der Waals surface area contributed by atoms with Gasteiger partial charge in [0.1, 0.15) is 0 Å². The summed E-state index contributed by atoms with van der Waals surface area (Å²) in [6, 6.07) is 9.42. The van der Waals surface area contributed by atoms with Crippen LogP contribution in [0, 0.1) is 0 Å². The van der Waals surface area contributed by atoms with Gasteiger partial charge in [-0.3, -0.25) is 4.79 Å². The molecule has 1 aromatic rings. The standard InChI is InChI=1S/C14H18ClNO2/c15-8-11-18-13-6-9-16(10-7-13)14(17)12-4-2-1-3-5-12/h1-5,13H,6-11H2. The molecule has 0 spiro atoms. The van der Waals surface area contributed by atoms with Crippen molar-refractivity contribution in [3.05, 3.63) is 35.9 Å². The molecule has 0 saturated carbocycles. The van der Waals surface area contributed by atoms with Gasteiger partial charge < -0.3 is 9.64 Å². The highest BCUT2D eigenvalue weighted by Crippen LogP contribution is 2.16. The Hall–Kier alpha value is -1.06. The zero-order valence-corrected chi connectivity index (χ0v) is 11.1. The smallest absolute Gasteiger partial charge is 0.253 e. The van der Waals surface area contributed by atoms with Crippen molar-refractivity contribution in [3.63, 3.8) is 0 Å². The zero-order valence-electron chi connectivity index (χ0n) is 10.3. The molecule has 98 valence electrons. The first kappa shape index (κ1) is 13.4. The zero-order chi connectivity index (χ0) is 12.8. The van der Waals surface area contributed by atoms with E-state index in [-0.39, 0.29) is 12.0 Å². The van der Waals surface area contributed by atoms with Crippen LogP contribution in [0.4, 0.5) is 0 Å². The minimum absolute atomic E-state index is 0.117. The summed E-state index contributed by atoms with van der Waals surface area (Å²) in [7, 11) is 0. The van der Waals surface area contributed by atoms with Crippen molar-refractivity contribution in [2.75, 3.05) is 25.6 Å². The Balaban J connectivity index is 1.84. The second-order valence-corrected chi connectivity index (χ2v) is 4.80. The molecule has 1 aliphatic heterocycles. The molecule has 0 unspecified atom stereocenters. The number of benzene rings is 1. The average Bonchev–Trinajstić information content (AvgIpc) is 2.46. The van der Waals surface area contributed by atoms with E-state index in [1.807, 2.05) is 35.2 Å². The van der Waals surface area contributed by atoms with Crippen LogP contribution in [0.1, 0.15) is 23.2 Å². The van der Waals surface area contributed by atoms with Crippen LogP contribution in [-0.2, 0) is 4.74 Å². The molecule has 0 N–H and O–H groups in total. The first-order valence-corrected chi connectivity index (χ1v) is 6.86. The minimum Gasteiger partial charge on any atom is -0.377 e. The van der Waals surface area contributed by atoms with Crippen LogP contribution < -0.4 is 0 Å². The summed E-state index contributed by atoms with van der Waals surface area (Å²) in [6.45, 7) is 2.13. The lowest BCUT2D eigenvalue weighted by atomic mass is 10.1. The summed E-state index contributed by atoms with van der Waals surface area (Å²) in [5, 5.41) is 0. The molecule has 0 aromatic heterocycles. The van der Waals surface area contributed by atoms with Gasteiger partial charge in [-0.1, -0.05) is 18.2 Å². The number of nitrogens with zero attached hydrogens (tertiary/aromatic N) is 1. The van der Waals surface area contributed by atoms with Gasteiger partial charge in [-0.05, 0) is 25.0 Å². The highest BCUT2D eigenvalue weighted by molar-refractivity contribution is 6.17. The van der Waals surface area contributed by atoms with Gasteiger partial charge in [0, 0.05) is 24.5 Å². The van der Waals surface area contributed by atoms with E-state index in [1.165, 1.54) is 0 Å². The summed E-state index contributed by atoms with van der Waals surface area (Å²) in [4.78, 5) is 14.1. The lowest BCUT2D eigenvalue weighted by molar-refractivity contribution is 0.0154. The van der Waals surface area contributed by atoms with E-state index in [4.69, 9.17) is 16.3 Å². The monoisotopic (exact) mass is 267 g/mol. The molecule has 1 amide bonds. The fourth-order valence-corrected chi connectivity index (χ4v) is 2.29. The molecular formula is C14H18ClNO2. The molecule has 3 nitrogen and oxygen atoms in total. The Morgan fingerprint density at radius 2 is 1.94 bits per heavy atom. The number of piperidine rings is 1. The molecule has 0 aliphatic carbocycles. The van der Waals surface area contributed by atoms with Gasteiger partial charge >= 0.3 is 0 Å². The number of hydrogen-bond donors (Lipinski definition) is 0. The van der Waals surface area contributed by atoms with Crippen molar-refractivity contribution >= 4 is 17.5 Å². The molecule has 0 radical (unpaired) electrons. The Morgan fingerprint density at radius 1 is 1.28 bits per heavy atom. The molecule has 0 bridgehead atoms. The second-order valence-electron chi connectivity index (χ2n) is 4.42. The Kier molecular flexibility index (Phi) is 5.02. The second kappa shape index (κ2) is 6.76. The number of carbonyl (C=O) groups excluding carboxylic acids is 1. The number of alkyl halides is 1. The number of halogens is 1. The molecule has 4 heteroatoms. The number of ether oxygens (including phenoxy) is 1. The maximum atomic E-state index is 12.2. The van der Waals surface area contributed by atoms with Gasteiger partial charge in [0.15, 0.2) is 0 Å². The molecule has 1 aromatic carbocycles. The van der Waals surface area contributed by atoms with E-state index < -0.39 is 0 Å². The molecule has 1 heterocycles. The number of amides is 1. The normalized spacial score (nSPS) is 16.8. The summed E-state index contributed by atoms with van der Waals surface area (Å²) < 4.78 is 5.60. The third-order valence-electron chi connectivity index (χ3n) is 3.18. The third-order valence-corrected chi connectivity index (χ3v) is 3.33. The van der Waals surface area contributed by atoms with E-state index in [1.54, 1.807) is 0 Å². The van der Waals surface area contributed by atoms with E-state index in [0.717, 1.165) is 31.5 Å². The highest BCUT2D eigenvalue weighted by atomic mass is 35.5. The van der Waals surface area contributed by atoms with Crippen LogP contribution >= 0.6 is 11.6 Å². The third kappa shape index (κ3) is 3.47. The van der Waals surface area contributed by atoms with E-state index in [0.29, 0.717) is 12.5 Å². The Bertz CT molecular complexity index is 375. The van der Waals surface area contributed by atoms with E-state index in [9.17, 15) is 4.79 Å². The van der Waals surface area contributed by atoms with Gasteiger partial charge in [0.25, 0.3) is 5.91 Å². The average molecular weight is 268 g/mol. The van der Waals surface area contributed by atoms with Crippen LogP contribution in [-0.4, -0.2) is 42.5 Å². The summed E-state index contributed by atoms with van der Waals surface area (Å²) >= 11 is 5.59. The molecule has 18 heavy (non-hydrogen) atoms. The lowest BCUT2D eigenvalue weighted by Crippen LogP contribution is -2.41. The first-order chi connectivity index (χ1) is 8.81. The number of carbonyl (C=O) groups is 1. The van der Waals surface area contributed by atoms with E-state index >= 15 is 0 Å². The number of hydrogen-bond acceptors (Lipinski definition) is 2. The Morgan fingerprint density at radius 3 is 2.56 bits per heavy atom. The molecule has 1 aliphatic rings. The van der Waals surface area contributed by atoms with Crippen LogP contribution in [0.15, 0.2) is 30.3 Å². The molecule has 1 saturated heterocycles. The largest absolute Gasteiger partial charge is 0.377 e. The molecular weight excluding hydrogens is 250 g/mol. The van der Waals surface area contributed by atoms with Crippen LogP contribution in [0.3, 0.4) is 0 Å². The Labute approximate surface area is 113 Å². The molecule has 1 fully saturated rings. The van der Waals surface area contributed by atoms with Crippen LogP contribution in [0.5, 0.6) is 0 Å². The van der Waals surface area contributed by atoms with Crippen molar-refractivity contribution < 1.29 is 9.53 Å². The van der Waals surface area contributed by atoms with Crippen molar-refractivity contribution in [2.24, 2.45) is 0 Å². The first-order valence-electron chi connectivity index (χ1n) is 6.33. The van der Waals surface area contributed by atoms with Crippen molar-refractivity contribution in [1.29, 1.82) is 0 Å². The predicted molar refractivity (Wildman–Crippen MR) is 72.0 cm³/mol. The van der Waals surface area contributed by atoms with Crippen molar-refractivity contribution in [3.8, 4) is 0 Å². The maximum absolute atomic E-state index is 12.2. The van der Waals surface area contributed by atoms with Gasteiger partial charge in [0.2, 0.25) is 0 Å². The fourth-order valence-electron chi connectivity index (χ4n) is 2.20. The predicted octanol–water partition coefficient (Wildman–Crippen LogP) is 2.55. The summed E-state index contributed by atoms with van der Waals surface area (Å²) in [6.07, 6.45) is 2.05. The van der Waals surface area contributed by atoms with Gasteiger partial charge in [-0.2, -0.15) is 0 Å². The fraction of sp³-hybridized carbons (Fsp3) is 0.500. The maximum Gasteiger partial charge on any atom is 0.253 e. The summed E-state index contributed by atoms with van der Waals surface area (Å²) in [5.41, 5.74) is 0.762. The van der Waals surface area contributed by atoms with Crippen LogP contribution in [0.25, 0.3) is 0 Å². The summed E-state index contributed by atoms with van der Waals surface area (Å²) in [5.74, 6) is 0.648. The van der Waals surface area contributed by atoms with Gasteiger partial charge in [-0.15, -0.1) is 11.6 Å². The van der Waals surface area contributed by atoms with Gasteiger partial charge in [-0.25, -0.2) is 0 Å². The minimum atomic E-state index is 0.117. The van der Waals surface area contributed by atoms with E-state index in [2.05, 4.69) is 0 Å². The SMILES string of the molecule is O=C(c1ccccc1)N1CCC(OCCCl)CC1. The quantitative estimate of drug-likeness (QED) is 0.785. The number of likely N-dealkylation sites (tertiary alicyclic amines) is 1. The molecule has 2 rings (SSSR count). The highest BCUT2D eigenvalue weighted by Gasteiger charge is 2.23. The van der Waals surface area contributed by atoms with Crippen LogP contribution in [0.2, 0.25) is 0 Å². The lowest BCUT2D eigenvalue weighted by Gasteiger charge is -2.31. The molecule has 0 atom stereocenters. The van der Waals surface area contributed by atoms with Crippen molar-refractivity contribution in [1.82, 2.24) is 4.90 Å². The van der Waals surface area contributed by atoms with Crippen molar-refractivity contribution in [2.45, 2.75) is 18.9 Å². The topological polar surface area (TPSA) is 29.5 Å².